The van der Waals surface area contributed by atoms with E-state index in [0.717, 1.165) is 5.57 Å². The molecule has 2 nitrogen and oxygen atoms in total. The minimum Gasteiger partial charge on any atom is -0.321 e. The van der Waals surface area contributed by atoms with E-state index in [9.17, 15) is 4.79 Å². The number of halogens is 2. The second-order valence-corrected chi connectivity index (χ2v) is 4.18. The summed E-state index contributed by atoms with van der Waals surface area (Å²) in [6.45, 7) is 3.69. The van der Waals surface area contributed by atoms with Gasteiger partial charge < -0.3 is 5.32 Å². The van der Waals surface area contributed by atoms with Crippen molar-refractivity contribution < 1.29 is 4.79 Å². The van der Waals surface area contributed by atoms with Gasteiger partial charge >= 0.3 is 0 Å². The Kier molecular flexibility index (Phi) is 4.18. The van der Waals surface area contributed by atoms with Crippen molar-refractivity contribution >= 4 is 34.8 Å². The van der Waals surface area contributed by atoms with Gasteiger partial charge in [-0.25, -0.2) is 0 Å². The van der Waals surface area contributed by atoms with Gasteiger partial charge in [-0.2, -0.15) is 0 Å². The molecular formula is C11H11Cl2NO. The van der Waals surface area contributed by atoms with E-state index in [1.54, 1.807) is 18.2 Å². The third-order valence-corrected chi connectivity index (χ3v) is 2.17. The molecule has 1 aromatic rings. The maximum absolute atomic E-state index is 11.4. The Morgan fingerprint density at radius 1 is 1.33 bits per heavy atom. The number of carbonyl (C=O) groups excluding carboxylic acids is 1. The van der Waals surface area contributed by atoms with Crippen molar-refractivity contribution in [3.63, 3.8) is 0 Å². The molecule has 0 aliphatic carbocycles. The average Bonchev–Trinajstić information content (AvgIpc) is 2.10. The van der Waals surface area contributed by atoms with Gasteiger partial charge in [-0.05, 0) is 32.0 Å². The van der Waals surface area contributed by atoms with Crippen LogP contribution >= 0.6 is 23.2 Å². The zero-order valence-corrected chi connectivity index (χ0v) is 9.99. The number of carbonyl (C=O) groups is 1. The highest BCUT2D eigenvalue weighted by molar-refractivity contribution is 6.35. The van der Waals surface area contributed by atoms with Crippen LogP contribution in [0.4, 0.5) is 5.69 Å². The van der Waals surface area contributed by atoms with Crippen LogP contribution in [0.2, 0.25) is 10.0 Å². The Balaban J connectivity index is 2.85. The Bertz CT molecular complexity index is 409. The summed E-state index contributed by atoms with van der Waals surface area (Å²) in [4.78, 5) is 11.4. The maximum Gasteiger partial charge on any atom is 0.248 e. The van der Waals surface area contributed by atoms with Crippen molar-refractivity contribution in [2.45, 2.75) is 13.8 Å². The first-order valence-corrected chi connectivity index (χ1v) is 5.15. The van der Waals surface area contributed by atoms with Crippen molar-refractivity contribution in [2.75, 3.05) is 5.32 Å². The molecule has 0 unspecified atom stereocenters. The van der Waals surface area contributed by atoms with Crippen molar-refractivity contribution in [1.29, 1.82) is 0 Å². The Labute approximate surface area is 98.9 Å². The van der Waals surface area contributed by atoms with Gasteiger partial charge in [-0.3, -0.25) is 4.79 Å². The summed E-state index contributed by atoms with van der Waals surface area (Å²) in [5, 5.41) is 3.65. The molecule has 0 saturated heterocycles. The topological polar surface area (TPSA) is 29.1 Å². The first-order chi connectivity index (χ1) is 6.99. The van der Waals surface area contributed by atoms with Crippen LogP contribution in [-0.2, 0) is 4.79 Å². The zero-order valence-electron chi connectivity index (χ0n) is 8.47. The minimum atomic E-state index is -0.209. The molecule has 1 amide bonds. The second-order valence-electron chi connectivity index (χ2n) is 3.34. The van der Waals surface area contributed by atoms with Crippen molar-refractivity contribution in [3.8, 4) is 0 Å². The number of amides is 1. The molecule has 1 aromatic carbocycles. The van der Waals surface area contributed by atoms with Crippen LogP contribution in [0.15, 0.2) is 29.8 Å². The molecule has 0 aliphatic rings. The normalized spacial score (nSPS) is 9.60. The number of rotatable bonds is 2. The number of nitrogens with one attached hydrogen (secondary N) is 1. The summed E-state index contributed by atoms with van der Waals surface area (Å²) < 4.78 is 0. The van der Waals surface area contributed by atoms with Gasteiger partial charge in [0.05, 0.1) is 10.7 Å². The number of hydrogen-bond acceptors (Lipinski definition) is 1. The summed E-state index contributed by atoms with van der Waals surface area (Å²) >= 11 is 11.7. The standard InChI is InChI=1S/C11H11Cl2NO/c1-7(2)5-11(15)14-10-6-8(12)3-4-9(10)13/h3-6H,1-2H3,(H,14,15). The van der Waals surface area contributed by atoms with E-state index in [0.29, 0.717) is 15.7 Å². The molecule has 1 N–H and O–H groups in total. The van der Waals surface area contributed by atoms with Crippen LogP contribution < -0.4 is 5.32 Å². The lowest BCUT2D eigenvalue weighted by Gasteiger charge is -2.05. The van der Waals surface area contributed by atoms with Crippen molar-refractivity contribution in [2.24, 2.45) is 0 Å². The van der Waals surface area contributed by atoms with E-state index in [1.165, 1.54) is 6.08 Å². The molecule has 0 heterocycles. The molecule has 4 heteroatoms. The summed E-state index contributed by atoms with van der Waals surface area (Å²) in [5.74, 6) is -0.209. The van der Waals surface area contributed by atoms with E-state index < -0.39 is 0 Å². The van der Waals surface area contributed by atoms with Gasteiger partial charge in [0.2, 0.25) is 5.91 Å². The molecule has 80 valence electrons. The number of allylic oxidation sites excluding steroid dienone is 1. The fourth-order valence-corrected chi connectivity index (χ4v) is 1.36. The molecular weight excluding hydrogens is 233 g/mol. The molecule has 0 aliphatic heterocycles. The summed E-state index contributed by atoms with van der Waals surface area (Å²) in [7, 11) is 0. The molecule has 0 radical (unpaired) electrons. The Morgan fingerprint density at radius 2 is 2.00 bits per heavy atom. The summed E-state index contributed by atoms with van der Waals surface area (Å²) in [6.07, 6.45) is 1.50. The Hall–Kier alpha value is -0.990. The summed E-state index contributed by atoms with van der Waals surface area (Å²) in [5.41, 5.74) is 1.44. The highest BCUT2D eigenvalue weighted by Gasteiger charge is 2.03. The first kappa shape index (κ1) is 12.1. The Morgan fingerprint density at radius 3 is 2.60 bits per heavy atom. The van der Waals surface area contributed by atoms with E-state index >= 15 is 0 Å². The average molecular weight is 244 g/mol. The fourth-order valence-electron chi connectivity index (χ4n) is 1.02. The second kappa shape index (κ2) is 5.19. The predicted octanol–water partition coefficient (Wildman–Crippen LogP) is 3.90. The van der Waals surface area contributed by atoms with Crippen molar-refractivity contribution in [1.82, 2.24) is 0 Å². The summed E-state index contributed by atoms with van der Waals surface area (Å²) in [6, 6.07) is 4.92. The quantitative estimate of drug-likeness (QED) is 0.785. The van der Waals surface area contributed by atoms with Crippen LogP contribution in [0.3, 0.4) is 0 Å². The molecule has 0 spiro atoms. The molecule has 0 aromatic heterocycles. The fraction of sp³-hybridized carbons (Fsp3) is 0.182. The number of benzene rings is 1. The third-order valence-electron chi connectivity index (χ3n) is 1.61. The van der Waals surface area contributed by atoms with E-state index in [2.05, 4.69) is 5.32 Å². The van der Waals surface area contributed by atoms with E-state index in [-0.39, 0.29) is 5.91 Å². The van der Waals surface area contributed by atoms with Crippen LogP contribution in [0, 0.1) is 0 Å². The van der Waals surface area contributed by atoms with Crippen LogP contribution in [0.5, 0.6) is 0 Å². The molecule has 1 rings (SSSR count). The van der Waals surface area contributed by atoms with Gasteiger partial charge in [0.15, 0.2) is 0 Å². The first-order valence-electron chi connectivity index (χ1n) is 4.40. The molecule has 0 atom stereocenters. The van der Waals surface area contributed by atoms with Crippen molar-refractivity contribution in [3.05, 3.63) is 39.9 Å². The van der Waals surface area contributed by atoms with Gasteiger partial charge in [-0.15, -0.1) is 0 Å². The van der Waals surface area contributed by atoms with Gasteiger partial charge in [0, 0.05) is 11.1 Å². The van der Waals surface area contributed by atoms with Crippen LogP contribution in [0.1, 0.15) is 13.8 Å². The highest BCUT2D eigenvalue weighted by atomic mass is 35.5. The molecule has 0 fully saturated rings. The number of anilines is 1. The van der Waals surface area contributed by atoms with Crippen LogP contribution in [-0.4, -0.2) is 5.91 Å². The lowest BCUT2D eigenvalue weighted by molar-refractivity contribution is -0.111. The van der Waals surface area contributed by atoms with Gasteiger partial charge in [0.1, 0.15) is 0 Å². The molecule has 15 heavy (non-hydrogen) atoms. The maximum atomic E-state index is 11.4. The SMILES string of the molecule is CC(C)=CC(=O)Nc1cc(Cl)ccc1Cl. The van der Waals surface area contributed by atoms with Gasteiger partial charge in [-0.1, -0.05) is 28.8 Å². The number of hydrogen-bond donors (Lipinski definition) is 1. The monoisotopic (exact) mass is 243 g/mol. The minimum absolute atomic E-state index is 0.209. The molecule has 0 bridgehead atoms. The smallest absolute Gasteiger partial charge is 0.248 e. The van der Waals surface area contributed by atoms with E-state index in [4.69, 9.17) is 23.2 Å². The van der Waals surface area contributed by atoms with E-state index in [1.807, 2.05) is 13.8 Å². The lowest BCUT2D eigenvalue weighted by atomic mass is 10.3. The highest BCUT2D eigenvalue weighted by Crippen LogP contribution is 2.25. The lowest BCUT2D eigenvalue weighted by Crippen LogP contribution is -2.08. The predicted molar refractivity (Wildman–Crippen MR) is 64.5 cm³/mol. The van der Waals surface area contributed by atoms with Gasteiger partial charge in [0.25, 0.3) is 0 Å². The molecule has 0 saturated carbocycles. The third kappa shape index (κ3) is 3.94. The van der Waals surface area contributed by atoms with Crippen LogP contribution in [0.25, 0.3) is 0 Å². The largest absolute Gasteiger partial charge is 0.321 e. The zero-order chi connectivity index (χ0) is 11.4.